The molecule has 0 radical (unpaired) electrons. The van der Waals surface area contributed by atoms with E-state index < -0.39 is 0 Å². The first-order valence-electron chi connectivity index (χ1n) is 9.83. The third-order valence-corrected chi connectivity index (χ3v) is 5.90. The molecule has 2 amide bonds. The number of rotatable bonds is 3. The zero-order valence-electron chi connectivity index (χ0n) is 15.7. The Morgan fingerprint density at radius 1 is 1.11 bits per heavy atom. The molecule has 0 aromatic heterocycles. The highest BCUT2D eigenvalue weighted by molar-refractivity contribution is 5.99. The topological polar surface area (TPSA) is 55.9 Å². The van der Waals surface area contributed by atoms with Gasteiger partial charge in [-0.2, -0.15) is 0 Å². The minimum Gasteiger partial charge on any atom is -0.340 e. The van der Waals surface area contributed by atoms with Crippen LogP contribution in [0, 0.1) is 0 Å². The number of hydrogen-bond donors (Lipinski definition) is 1. The molecule has 4 rings (SSSR count). The lowest BCUT2D eigenvalue weighted by Crippen LogP contribution is -2.50. The summed E-state index contributed by atoms with van der Waals surface area (Å²) in [5, 5.41) is 3.38. The van der Waals surface area contributed by atoms with E-state index in [0.29, 0.717) is 12.5 Å². The zero-order valence-corrected chi connectivity index (χ0v) is 16.5. The molecule has 0 bridgehead atoms. The number of anilines is 1. The molecule has 3 aliphatic rings. The largest absolute Gasteiger partial charge is 0.340 e. The summed E-state index contributed by atoms with van der Waals surface area (Å²) in [6.07, 6.45) is 3.32. The summed E-state index contributed by atoms with van der Waals surface area (Å²) < 4.78 is 0. The van der Waals surface area contributed by atoms with E-state index in [2.05, 4.69) is 16.3 Å². The monoisotopic (exact) mass is 392 g/mol. The fraction of sp³-hybridized carbons (Fsp3) is 0.600. The number of likely N-dealkylation sites (tertiary alicyclic amines) is 1. The third-order valence-electron chi connectivity index (χ3n) is 5.90. The van der Waals surface area contributed by atoms with Gasteiger partial charge in [-0.15, -0.1) is 12.4 Å². The second-order valence-electron chi connectivity index (χ2n) is 7.53. The minimum atomic E-state index is 0. The lowest BCUT2D eigenvalue weighted by atomic mass is 10.1. The van der Waals surface area contributed by atoms with Crippen molar-refractivity contribution >= 4 is 29.9 Å². The minimum absolute atomic E-state index is 0. The Balaban J connectivity index is 0.00000210. The van der Waals surface area contributed by atoms with Gasteiger partial charge >= 0.3 is 0 Å². The third kappa shape index (κ3) is 4.45. The lowest BCUT2D eigenvalue weighted by Gasteiger charge is -2.32. The Labute approximate surface area is 167 Å². The molecule has 3 heterocycles. The van der Waals surface area contributed by atoms with Crippen LogP contribution in [0.2, 0.25) is 0 Å². The number of nitrogens with zero attached hydrogens (tertiary/aromatic N) is 3. The molecular weight excluding hydrogens is 364 g/mol. The molecule has 7 heteroatoms. The van der Waals surface area contributed by atoms with Crippen molar-refractivity contribution in [3.63, 3.8) is 0 Å². The van der Waals surface area contributed by atoms with Gasteiger partial charge in [-0.25, -0.2) is 0 Å². The molecule has 1 unspecified atom stereocenters. The maximum Gasteiger partial charge on any atom is 0.242 e. The van der Waals surface area contributed by atoms with Gasteiger partial charge in [0.05, 0.1) is 0 Å². The van der Waals surface area contributed by atoms with Crippen LogP contribution in [0.3, 0.4) is 0 Å². The van der Waals surface area contributed by atoms with Crippen molar-refractivity contribution in [3.8, 4) is 0 Å². The molecule has 2 saturated heterocycles. The van der Waals surface area contributed by atoms with E-state index in [-0.39, 0.29) is 30.8 Å². The summed E-state index contributed by atoms with van der Waals surface area (Å²) in [5.74, 6) is 0.147. The predicted molar refractivity (Wildman–Crippen MR) is 108 cm³/mol. The number of aryl methyl sites for hydroxylation is 1. The summed E-state index contributed by atoms with van der Waals surface area (Å²) in [6.45, 7) is 5.95. The van der Waals surface area contributed by atoms with Crippen molar-refractivity contribution in [3.05, 3.63) is 29.8 Å². The number of fused-ring (bicyclic) bond motifs is 1. The number of amides is 2. The standard InChI is InChI=1S/C20H28N4O2.ClH/c25-19-7-3-5-16-4-1-2-6-18(16)24(19)15-20(26)23-11-8-17(14-23)22-12-9-21-10-13-22;/h1-2,4,6,17,21H,3,5,7-15H2;1H. The van der Waals surface area contributed by atoms with Crippen LogP contribution >= 0.6 is 12.4 Å². The van der Waals surface area contributed by atoms with E-state index in [9.17, 15) is 9.59 Å². The number of para-hydroxylation sites is 1. The summed E-state index contributed by atoms with van der Waals surface area (Å²) in [6, 6.07) is 8.47. The second-order valence-corrected chi connectivity index (χ2v) is 7.53. The first-order valence-corrected chi connectivity index (χ1v) is 9.83. The molecule has 1 aromatic carbocycles. The molecule has 0 spiro atoms. The van der Waals surface area contributed by atoms with Gasteiger partial charge in [0.15, 0.2) is 0 Å². The SMILES string of the molecule is Cl.O=C(CN1C(=O)CCCc2ccccc21)N1CCC(N2CCNCC2)C1. The van der Waals surface area contributed by atoms with Crippen molar-refractivity contribution in [2.75, 3.05) is 50.7 Å². The summed E-state index contributed by atoms with van der Waals surface area (Å²) in [5.41, 5.74) is 2.09. The van der Waals surface area contributed by atoms with Crippen LogP contribution in [0.5, 0.6) is 0 Å². The fourth-order valence-corrected chi connectivity index (χ4v) is 4.41. The van der Waals surface area contributed by atoms with Gasteiger partial charge < -0.3 is 15.1 Å². The van der Waals surface area contributed by atoms with E-state index in [1.807, 2.05) is 23.1 Å². The molecule has 3 aliphatic heterocycles. The maximum absolute atomic E-state index is 12.9. The van der Waals surface area contributed by atoms with Gasteiger partial charge in [-0.3, -0.25) is 14.5 Å². The summed E-state index contributed by atoms with van der Waals surface area (Å²) in [4.78, 5) is 31.6. The molecule has 0 saturated carbocycles. The van der Waals surface area contributed by atoms with Crippen molar-refractivity contribution in [1.29, 1.82) is 0 Å². The van der Waals surface area contributed by atoms with Crippen molar-refractivity contribution in [2.24, 2.45) is 0 Å². The molecule has 27 heavy (non-hydrogen) atoms. The molecule has 0 aliphatic carbocycles. The molecule has 2 fully saturated rings. The van der Waals surface area contributed by atoms with Gasteiger partial charge in [0, 0.05) is 57.4 Å². The Morgan fingerprint density at radius 3 is 2.70 bits per heavy atom. The van der Waals surface area contributed by atoms with Gasteiger partial charge in [0.1, 0.15) is 6.54 Å². The number of halogens is 1. The van der Waals surface area contributed by atoms with Crippen LogP contribution in [0.4, 0.5) is 5.69 Å². The number of piperazine rings is 1. The van der Waals surface area contributed by atoms with Crippen LogP contribution in [-0.2, 0) is 16.0 Å². The average molecular weight is 393 g/mol. The molecule has 1 aromatic rings. The Kier molecular flexibility index (Phi) is 6.73. The molecule has 1 atom stereocenters. The summed E-state index contributed by atoms with van der Waals surface area (Å²) in [7, 11) is 0. The number of carbonyl (C=O) groups excluding carboxylic acids is 2. The number of carbonyl (C=O) groups is 2. The smallest absolute Gasteiger partial charge is 0.242 e. The quantitative estimate of drug-likeness (QED) is 0.842. The molecule has 6 nitrogen and oxygen atoms in total. The number of nitrogens with one attached hydrogen (secondary N) is 1. The fourth-order valence-electron chi connectivity index (χ4n) is 4.41. The van der Waals surface area contributed by atoms with E-state index in [1.54, 1.807) is 4.90 Å². The Morgan fingerprint density at radius 2 is 1.89 bits per heavy atom. The first-order chi connectivity index (χ1) is 12.7. The van der Waals surface area contributed by atoms with Gasteiger partial charge in [0.25, 0.3) is 0 Å². The Bertz CT molecular complexity index is 678. The van der Waals surface area contributed by atoms with Crippen LogP contribution in [0.25, 0.3) is 0 Å². The van der Waals surface area contributed by atoms with E-state index in [1.165, 1.54) is 5.56 Å². The maximum atomic E-state index is 12.9. The Hall–Kier alpha value is -1.63. The lowest BCUT2D eigenvalue weighted by molar-refractivity contribution is -0.130. The van der Waals surface area contributed by atoms with Crippen LogP contribution in [-0.4, -0.2) is 73.5 Å². The van der Waals surface area contributed by atoms with Crippen LogP contribution in [0.1, 0.15) is 24.8 Å². The van der Waals surface area contributed by atoms with Gasteiger partial charge in [-0.05, 0) is 30.9 Å². The molecule has 1 N–H and O–H groups in total. The highest BCUT2D eigenvalue weighted by Crippen LogP contribution is 2.27. The summed E-state index contributed by atoms with van der Waals surface area (Å²) >= 11 is 0. The van der Waals surface area contributed by atoms with E-state index >= 15 is 0 Å². The van der Waals surface area contributed by atoms with Crippen LogP contribution in [0.15, 0.2) is 24.3 Å². The zero-order chi connectivity index (χ0) is 17.9. The molecular formula is C20H29ClN4O2. The highest BCUT2D eigenvalue weighted by atomic mass is 35.5. The predicted octanol–water partition coefficient (Wildman–Crippen LogP) is 1.28. The van der Waals surface area contributed by atoms with E-state index in [4.69, 9.17) is 0 Å². The van der Waals surface area contributed by atoms with Crippen molar-refractivity contribution < 1.29 is 9.59 Å². The first kappa shape index (κ1) is 20.1. The average Bonchev–Trinajstić information content (AvgIpc) is 3.12. The van der Waals surface area contributed by atoms with Gasteiger partial charge in [-0.1, -0.05) is 18.2 Å². The normalized spacial score (nSPS) is 23.6. The van der Waals surface area contributed by atoms with Crippen molar-refractivity contribution in [1.82, 2.24) is 15.1 Å². The van der Waals surface area contributed by atoms with Crippen LogP contribution < -0.4 is 10.2 Å². The number of benzene rings is 1. The van der Waals surface area contributed by atoms with Crippen molar-refractivity contribution in [2.45, 2.75) is 31.7 Å². The van der Waals surface area contributed by atoms with E-state index in [0.717, 1.165) is 64.2 Å². The highest BCUT2D eigenvalue weighted by Gasteiger charge is 2.33. The molecule has 148 valence electrons. The van der Waals surface area contributed by atoms with Gasteiger partial charge in [0.2, 0.25) is 11.8 Å². The second kappa shape index (κ2) is 9.04. The number of hydrogen-bond acceptors (Lipinski definition) is 4.